The van der Waals surface area contributed by atoms with E-state index in [1.54, 1.807) is 11.3 Å². The molecule has 5 nitrogen and oxygen atoms in total. The van der Waals surface area contributed by atoms with Crippen molar-refractivity contribution in [3.05, 3.63) is 34.3 Å². The van der Waals surface area contributed by atoms with Gasteiger partial charge in [-0.3, -0.25) is 0 Å². The summed E-state index contributed by atoms with van der Waals surface area (Å²) in [4.78, 5) is 4.61. The van der Waals surface area contributed by atoms with Crippen molar-refractivity contribution >= 4 is 17.0 Å². The normalized spacial score (nSPS) is 14.6. The molecule has 0 aliphatic carbocycles. The molecule has 1 atom stereocenters. The summed E-state index contributed by atoms with van der Waals surface area (Å²) in [6.07, 6.45) is 0.0463. The molecular formula is C16H20N2O3S. The predicted octanol–water partition coefficient (Wildman–Crippen LogP) is 3.62. The van der Waals surface area contributed by atoms with Crippen LogP contribution < -0.4 is 14.8 Å². The largest absolute Gasteiger partial charge is 0.486 e. The van der Waals surface area contributed by atoms with Gasteiger partial charge in [-0.15, -0.1) is 11.3 Å². The van der Waals surface area contributed by atoms with E-state index in [2.05, 4.69) is 15.7 Å². The van der Waals surface area contributed by atoms with Crippen LogP contribution in [0.15, 0.2) is 23.6 Å². The molecule has 0 fully saturated rings. The summed E-state index contributed by atoms with van der Waals surface area (Å²) in [7, 11) is 0. The Morgan fingerprint density at radius 2 is 2.23 bits per heavy atom. The van der Waals surface area contributed by atoms with Crippen LogP contribution in [0.5, 0.6) is 11.5 Å². The summed E-state index contributed by atoms with van der Waals surface area (Å²) in [6, 6.07) is 5.87. The Bertz CT molecular complexity index is 630. The number of nitrogens with zero attached hydrogens (tertiary/aromatic N) is 1. The molecule has 2 aromatic rings. The summed E-state index contributed by atoms with van der Waals surface area (Å²) in [5.41, 5.74) is 1.94. The smallest absolute Gasteiger partial charge is 0.184 e. The number of thiazole rings is 1. The number of hydrogen-bond donors (Lipinski definition) is 1. The number of nitrogens with one attached hydrogen (secondary N) is 1. The average Bonchev–Trinajstić information content (AvgIpc) is 3.02. The molecule has 1 aromatic heterocycles. The number of para-hydroxylation sites is 1. The third kappa shape index (κ3) is 3.34. The van der Waals surface area contributed by atoms with Crippen molar-refractivity contribution < 1.29 is 14.2 Å². The molecule has 22 heavy (non-hydrogen) atoms. The average molecular weight is 320 g/mol. The molecule has 6 heteroatoms. The second kappa shape index (κ2) is 6.98. The third-order valence-corrected chi connectivity index (χ3v) is 4.41. The molecule has 2 heterocycles. The van der Waals surface area contributed by atoms with Gasteiger partial charge in [0.05, 0.1) is 17.9 Å². The van der Waals surface area contributed by atoms with Crippen molar-refractivity contribution in [2.75, 3.05) is 25.1 Å². The van der Waals surface area contributed by atoms with Gasteiger partial charge in [0.15, 0.2) is 11.5 Å². The molecule has 1 aliphatic rings. The van der Waals surface area contributed by atoms with Crippen molar-refractivity contribution in [2.24, 2.45) is 0 Å². The lowest BCUT2D eigenvalue weighted by Crippen LogP contribution is -2.16. The zero-order valence-corrected chi connectivity index (χ0v) is 13.6. The highest BCUT2D eigenvalue weighted by atomic mass is 32.1. The fourth-order valence-corrected chi connectivity index (χ4v) is 3.13. The van der Waals surface area contributed by atoms with Crippen molar-refractivity contribution in [1.29, 1.82) is 0 Å². The van der Waals surface area contributed by atoms with Gasteiger partial charge in [0.1, 0.15) is 24.3 Å². The summed E-state index contributed by atoms with van der Waals surface area (Å²) in [5.74, 6) is 1.58. The molecule has 0 spiro atoms. The fourth-order valence-electron chi connectivity index (χ4n) is 2.31. The zero-order valence-electron chi connectivity index (χ0n) is 12.8. The Morgan fingerprint density at radius 1 is 1.36 bits per heavy atom. The minimum absolute atomic E-state index is 0.0463. The monoisotopic (exact) mass is 320 g/mol. The zero-order chi connectivity index (χ0) is 15.4. The quantitative estimate of drug-likeness (QED) is 0.881. The van der Waals surface area contributed by atoms with Gasteiger partial charge in [-0.05, 0) is 26.0 Å². The van der Waals surface area contributed by atoms with Gasteiger partial charge < -0.3 is 19.5 Å². The van der Waals surface area contributed by atoms with E-state index in [0.717, 1.165) is 27.9 Å². The first-order chi connectivity index (χ1) is 10.8. The highest BCUT2D eigenvalue weighted by molar-refractivity contribution is 7.09. The Morgan fingerprint density at radius 3 is 3.09 bits per heavy atom. The Labute approximate surface area is 134 Å². The molecular weight excluding hydrogens is 300 g/mol. The molecule has 1 N–H and O–H groups in total. The molecule has 0 amide bonds. The standard InChI is InChI=1S/C16H20N2O3S/c1-3-19-11(2)16-18-12(10-22-16)9-17-13-5-4-6-14-15(13)21-8-7-20-14/h4-6,10-11,17H,3,7-9H2,1-2H3/t11-/m0/s1. The van der Waals surface area contributed by atoms with E-state index in [0.29, 0.717) is 26.4 Å². The van der Waals surface area contributed by atoms with Crippen molar-refractivity contribution in [3.8, 4) is 11.5 Å². The first kappa shape index (κ1) is 15.1. The number of fused-ring (bicyclic) bond motifs is 1. The van der Waals surface area contributed by atoms with E-state index >= 15 is 0 Å². The van der Waals surface area contributed by atoms with Crippen LogP contribution in [-0.2, 0) is 11.3 Å². The van der Waals surface area contributed by atoms with Gasteiger partial charge in [0, 0.05) is 12.0 Å². The molecule has 0 radical (unpaired) electrons. The first-order valence-electron chi connectivity index (χ1n) is 7.46. The highest BCUT2D eigenvalue weighted by Crippen LogP contribution is 2.37. The van der Waals surface area contributed by atoms with E-state index in [1.165, 1.54) is 0 Å². The van der Waals surface area contributed by atoms with Gasteiger partial charge in [-0.1, -0.05) is 6.07 Å². The Balaban J connectivity index is 1.66. The lowest BCUT2D eigenvalue weighted by Gasteiger charge is -2.21. The van der Waals surface area contributed by atoms with Gasteiger partial charge in [0.2, 0.25) is 0 Å². The summed E-state index contributed by atoms with van der Waals surface area (Å²) < 4.78 is 16.8. The van der Waals surface area contributed by atoms with Crippen molar-refractivity contribution in [3.63, 3.8) is 0 Å². The van der Waals surface area contributed by atoms with Crippen LogP contribution in [0.3, 0.4) is 0 Å². The summed E-state index contributed by atoms with van der Waals surface area (Å²) >= 11 is 1.63. The number of ether oxygens (including phenoxy) is 3. The number of benzene rings is 1. The van der Waals surface area contributed by atoms with Crippen LogP contribution in [0.25, 0.3) is 0 Å². The van der Waals surface area contributed by atoms with E-state index in [-0.39, 0.29) is 6.10 Å². The molecule has 0 saturated heterocycles. The van der Waals surface area contributed by atoms with E-state index < -0.39 is 0 Å². The number of anilines is 1. The summed E-state index contributed by atoms with van der Waals surface area (Å²) in [6.45, 7) is 6.54. The van der Waals surface area contributed by atoms with E-state index in [1.807, 2.05) is 32.0 Å². The van der Waals surface area contributed by atoms with Crippen LogP contribution in [0.2, 0.25) is 0 Å². The lowest BCUT2D eigenvalue weighted by molar-refractivity contribution is 0.0761. The van der Waals surface area contributed by atoms with Crippen LogP contribution in [0, 0.1) is 0 Å². The second-order valence-corrected chi connectivity index (χ2v) is 5.85. The lowest BCUT2D eigenvalue weighted by atomic mass is 10.2. The molecule has 1 aliphatic heterocycles. The van der Waals surface area contributed by atoms with Crippen LogP contribution in [-0.4, -0.2) is 24.8 Å². The Hall–Kier alpha value is -1.79. The maximum absolute atomic E-state index is 5.69. The Kier molecular flexibility index (Phi) is 4.80. The third-order valence-electron chi connectivity index (χ3n) is 3.36. The van der Waals surface area contributed by atoms with Gasteiger partial charge in [0.25, 0.3) is 0 Å². The maximum atomic E-state index is 5.69. The molecule has 0 bridgehead atoms. The molecule has 118 valence electrons. The summed E-state index contributed by atoms with van der Waals surface area (Å²) in [5, 5.41) is 6.44. The topological polar surface area (TPSA) is 52.6 Å². The van der Waals surface area contributed by atoms with Crippen molar-refractivity contribution in [2.45, 2.75) is 26.5 Å². The number of aromatic nitrogens is 1. The number of hydrogen-bond acceptors (Lipinski definition) is 6. The van der Waals surface area contributed by atoms with Crippen LogP contribution >= 0.6 is 11.3 Å². The van der Waals surface area contributed by atoms with Crippen LogP contribution in [0.1, 0.15) is 30.7 Å². The van der Waals surface area contributed by atoms with E-state index in [9.17, 15) is 0 Å². The second-order valence-electron chi connectivity index (χ2n) is 4.96. The number of rotatable bonds is 6. The predicted molar refractivity (Wildman–Crippen MR) is 86.9 cm³/mol. The first-order valence-corrected chi connectivity index (χ1v) is 8.34. The maximum Gasteiger partial charge on any atom is 0.184 e. The minimum Gasteiger partial charge on any atom is -0.486 e. The highest BCUT2D eigenvalue weighted by Gasteiger charge is 2.16. The van der Waals surface area contributed by atoms with Gasteiger partial charge in [-0.2, -0.15) is 0 Å². The van der Waals surface area contributed by atoms with Crippen molar-refractivity contribution in [1.82, 2.24) is 4.98 Å². The fraction of sp³-hybridized carbons (Fsp3) is 0.438. The minimum atomic E-state index is 0.0463. The van der Waals surface area contributed by atoms with E-state index in [4.69, 9.17) is 14.2 Å². The molecule has 0 saturated carbocycles. The van der Waals surface area contributed by atoms with Crippen LogP contribution in [0.4, 0.5) is 5.69 Å². The van der Waals surface area contributed by atoms with Gasteiger partial charge in [-0.25, -0.2) is 4.98 Å². The molecule has 3 rings (SSSR count). The SMILES string of the molecule is CCO[C@@H](C)c1nc(CNc2cccc3c2OCCO3)cs1. The van der Waals surface area contributed by atoms with Gasteiger partial charge >= 0.3 is 0 Å². The molecule has 0 unspecified atom stereocenters. The molecule has 1 aromatic carbocycles.